The molecule has 14 heavy (non-hydrogen) atoms. The number of rotatable bonds is 0. The molecular weight excluding hydrogens is 172 g/mol. The minimum absolute atomic E-state index is 0.938. The number of hydrogen-bond acceptors (Lipinski definition) is 2. The van der Waals surface area contributed by atoms with Crippen molar-refractivity contribution >= 4 is 0 Å². The third kappa shape index (κ3) is 0.892. The molecule has 2 nitrogen and oxygen atoms in total. The second-order valence-electron chi connectivity index (χ2n) is 5.70. The van der Waals surface area contributed by atoms with Gasteiger partial charge in [0.05, 0.1) is 0 Å². The van der Waals surface area contributed by atoms with Gasteiger partial charge in [0, 0.05) is 24.2 Å². The average Bonchev–Trinajstić information content (AvgIpc) is 2.55. The van der Waals surface area contributed by atoms with Gasteiger partial charge < -0.3 is 0 Å². The van der Waals surface area contributed by atoms with Crippen LogP contribution >= 0.6 is 0 Å². The van der Waals surface area contributed by atoms with Crippen LogP contribution in [0.1, 0.15) is 51.4 Å². The highest BCUT2D eigenvalue weighted by Gasteiger charge is 2.51. The summed E-state index contributed by atoms with van der Waals surface area (Å²) in [7, 11) is 0. The Balaban J connectivity index is 1.73. The van der Waals surface area contributed by atoms with Gasteiger partial charge in [0.15, 0.2) is 0 Å². The van der Waals surface area contributed by atoms with Crippen LogP contribution < -0.4 is 0 Å². The van der Waals surface area contributed by atoms with Crippen LogP contribution in [0, 0.1) is 0 Å². The Hall–Kier alpha value is -0.0800. The summed E-state index contributed by atoms with van der Waals surface area (Å²) in [5.41, 5.74) is 0. The lowest BCUT2D eigenvalue weighted by atomic mass is 9.87. The second kappa shape index (κ2) is 2.73. The fraction of sp³-hybridized carbons (Fsp3) is 1.00. The average molecular weight is 192 g/mol. The Morgan fingerprint density at radius 2 is 1.07 bits per heavy atom. The van der Waals surface area contributed by atoms with E-state index in [2.05, 4.69) is 10.0 Å². The molecule has 5 rings (SSSR count). The molecule has 5 aliphatic rings. The largest absolute Gasteiger partial charge is 0.235 e. The third-order valence-electron chi connectivity index (χ3n) is 5.05. The Labute approximate surface area is 86.2 Å². The number of nitrogens with zero attached hydrogens (tertiary/aromatic N) is 2. The second-order valence-corrected chi connectivity index (χ2v) is 5.70. The van der Waals surface area contributed by atoms with Crippen molar-refractivity contribution in [2.75, 3.05) is 0 Å². The fourth-order valence-electron chi connectivity index (χ4n) is 4.56. The van der Waals surface area contributed by atoms with Gasteiger partial charge in [-0.3, -0.25) is 0 Å². The zero-order chi connectivity index (χ0) is 9.12. The maximum Gasteiger partial charge on any atom is 0.0264 e. The first kappa shape index (κ1) is 8.12. The van der Waals surface area contributed by atoms with E-state index < -0.39 is 0 Å². The molecule has 2 saturated carbocycles. The zero-order valence-corrected chi connectivity index (χ0v) is 8.86. The molecule has 0 aromatic rings. The summed E-state index contributed by atoms with van der Waals surface area (Å²) in [4.78, 5) is 0. The van der Waals surface area contributed by atoms with Gasteiger partial charge in [-0.05, 0) is 44.9 Å². The quantitative estimate of drug-likeness (QED) is 0.580. The van der Waals surface area contributed by atoms with Crippen molar-refractivity contribution in [2.45, 2.75) is 75.5 Å². The molecule has 3 aliphatic heterocycles. The van der Waals surface area contributed by atoms with Gasteiger partial charge in [-0.25, -0.2) is 10.0 Å². The van der Waals surface area contributed by atoms with Crippen molar-refractivity contribution in [3.63, 3.8) is 0 Å². The predicted octanol–water partition coefficient (Wildman–Crippen LogP) is 2.16. The van der Waals surface area contributed by atoms with E-state index in [1.165, 1.54) is 51.4 Å². The smallest absolute Gasteiger partial charge is 0.0264 e. The summed E-state index contributed by atoms with van der Waals surface area (Å²) in [6.07, 6.45) is 11.9. The van der Waals surface area contributed by atoms with Crippen LogP contribution in [0.4, 0.5) is 0 Å². The van der Waals surface area contributed by atoms with Crippen molar-refractivity contribution in [1.29, 1.82) is 0 Å². The molecule has 4 bridgehead atoms. The predicted molar refractivity (Wildman–Crippen MR) is 55.8 cm³/mol. The van der Waals surface area contributed by atoms with Crippen LogP contribution in [0.15, 0.2) is 0 Å². The van der Waals surface area contributed by atoms with Gasteiger partial charge in [0.1, 0.15) is 0 Å². The van der Waals surface area contributed by atoms with Gasteiger partial charge in [-0.2, -0.15) is 0 Å². The molecule has 0 spiro atoms. The third-order valence-corrected chi connectivity index (χ3v) is 5.05. The summed E-state index contributed by atoms with van der Waals surface area (Å²) < 4.78 is 0. The summed E-state index contributed by atoms with van der Waals surface area (Å²) in [6.45, 7) is 0. The van der Waals surface area contributed by atoms with Crippen LogP contribution in [0.5, 0.6) is 0 Å². The lowest BCUT2D eigenvalue weighted by molar-refractivity contribution is -0.154. The Kier molecular flexibility index (Phi) is 1.58. The number of hydrogen-bond donors (Lipinski definition) is 0. The molecule has 2 atom stereocenters. The highest BCUT2D eigenvalue weighted by Crippen LogP contribution is 2.47. The van der Waals surface area contributed by atoms with E-state index in [0.717, 1.165) is 24.2 Å². The van der Waals surface area contributed by atoms with E-state index in [9.17, 15) is 0 Å². The van der Waals surface area contributed by atoms with Crippen LogP contribution in [0.25, 0.3) is 0 Å². The minimum atomic E-state index is 0.938. The molecule has 2 aliphatic carbocycles. The molecule has 0 amide bonds. The van der Waals surface area contributed by atoms with Gasteiger partial charge in [0.2, 0.25) is 0 Å². The first-order valence-corrected chi connectivity index (χ1v) is 6.50. The van der Waals surface area contributed by atoms with Crippen molar-refractivity contribution in [3.05, 3.63) is 0 Å². The van der Waals surface area contributed by atoms with E-state index in [4.69, 9.17) is 0 Å². The lowest BCUT2D eigenvalue weighted by Gasteiger charge is -2.52. The summed E-state index contributed by atoms with van der Waals surface area (Å²) in [6, 6.07) is 3.77. The topological polar surface area (TPSA) is 6.48 Å². The van der Waals surface area contributed by atoms with Gasteiger partial charge in [0.25, 0.3) is 0 Å². The molecule has 0 radical (unpaired) electrons. The summed E-state index contributed by atoms with van der Waals surface area (Å²) in [5, 5.41) is 5.66. The van der Waals surface area contributed by atoms with Gasteiger partial charge >= 0.3 is 0 Å². The molecule has 78 valence electrons. The Morgan fingerprint density at radius 3 is 1.57 bits per heavy atom. The molecule has 0 N–H and O–H groups in total. The first-order chi connectivity index (χ1) is 6.93. The van der Waals surface area contributed by atoms with Crippen LogP contribution in [-0.4, -0.2) is 34.2 Å². The highest BCUT2D eigenvalue weighted by atomic mass is 15.7. The maximum absolute atomic E-state index is 2.83. The molecule has 0 aromatic carbocycles. The highest BCUT2D eigenvalue weighted by molar-refractivity contribution is 5.02. The van der Waals surface area contributed by atoms with Crippen molar-refractivity contribution in [2.24, 2.45) is 0 Å². The molecule has 3 heterocycles. The fourth-order valence-corrected chi connectivity index (χ4v) is 4.56. The standard InChI is InChI=1S/C12H20N2/c1-2-11-8-12(3-1)14-10-6-4-9(5-7-10)13(11)14/h9-12H,1-8H2. The maximum atomic E-state index is 2.83. The van der Waals surface area contributed by atoms with Crippen LogP contribution in [-0.2, 0) is 0 Å². The number of hydrazine groups is 1. The molecule has 2 unspecified atom stereocenters. The first-order valence-electron chi connectivity index (χ1n) is 6.50. The van der Waals surface area contributed by atoms with Crippen molar-refractivity contribution < 1.29 is 0 Å². The molecular formula is C12H20N2. The lowest BCUT2D eigenvalue weighted by Crippen LogP contribution is -2.60. The molecule has 5 fully saturated rings. The summed E-state index contributed by atoms with van der Waals surface area (Å²) in [5.74, 6) is 0. The Morgan fingerprint density at radius 1 is 0.571 bits per heavy atom. The van der Waals surface area contributed by atoms with Gasteiger partial charge in [-0.1, -0.05) is 6.42 Å². The van der Waals surface area contributed by atoms with Crippen LogP contribution in [0.2, 0.25) is 0 Å². The van der Waals surface area contributed by atoms with Gasteiger partial charge in [-0.15, -0.1) is 0 Å². The van der Waals surface area contributed by atoms with E-state index in [1.807, 2.05) is 0 Å². The molecule has 2 heteroatoms. The van der Waals surface area contributed by atoms with E-state index in [1.54, 1.807) is 0 Å². The minimum Gasteiger partial charge on any atom is -0.235 e. The van der Waals surface area contributed by atoms with E-state index in [-0.39, 0.29) is 0 Å². The van der Waals surface area contributed by atoms with Crippen molar-refractivity contribution in [3.8, 4) is 0 Å². The zero-order valence-electron chi connectivity index (χ0n) is 8.86. The normalized spacial score (nSPS) is 52.3. The summed E-state index contributed by atoms with van der Waals surface area (Å²) >= 11 is 0. The van der Waals surface area contributed by atoms with Crippen LogP contribution in [0.3, 0.4) is 0 Å². The molecule has 3 saturated heterocycles. The van der Waals surface area contributed by atoms with Crippen molar-refractivity contribution in [1.82, 2.24) is 10.0 Å². The number of fused-ring (bicyclic) bond motifs is 4. The molecule has 0 aromatic heterocycles. The SMILES string of the molecule is C1CC2CC(C1)N1C3CCC(CC3)N21. The van der Waals surface area contributed by atoms with E-state index >= 15 is 0 Å². The van der Waals surface area contributed by atoms with E-state index in [0.29, 0.717) is 0 Å². The Bertz CT molecular complexity index is 211. The monoisotopic (exact) mass is 192 g/mol.